The Balaban J connectivity index is 1.67. The van der Waals surface area contributed by atoms with Gasteiger partial charge in [-0.15, -0.1) is 0 Å². The van der Waals surface area contributed by atoms with Crippen LogP contribution in [-0.2, 0) is 4.79 Å². The van der Waals surface area contributed by atoms with E-state index in [1.165, 1.54) is 0 Å². The smallest absolute Gasteiger partial charge is 0.291 e. The number of nitrogens with two attached hydrogens (primary N) is 1. The van der Waals surface area contributed by atoms with Crippen LogP contribution in [0.5, 0.6) is 0 Å². The molecule has 3 N–H and O–H groups in total. The van der Waals surface area contributed by atoms with Crippen molar-refractivity contribution in [3.8, 4) is 0 Å². The van der Waals surface area contributed by atoms with Crippen LogP contribution in [0.15, 0.2) is 33.5 Å². The van der Waals surface area contributed by atoms with Crippen LogP contribution in [-0.4, -0.2) is 29.9 Å². The molecule has 0 radical (unpaired) electrons. The molecule has 1 aliphatic rings. The van der Waals surface area contributed by atoms with Crippen molar-refractivity contribution < 1.29 is 14.0 Å². The van der Waals surface area contributed by atoms with Gasteiger partial charge in [0.05, 0.1) is 17.8 Å². The van der Waals surface area contributed by atoms with Gasteiger partial charge in [-0.25, -0.2) is 4.98 Å². The average Bonchev–Trinajstić information content (AvgIpc) is 2.94. The number of halogens is 1. The number of aromatic nitrogens is 1. The number of hydrogen-bond donors (Lipinski definition) is 2. The van der Waals surface area contributed by atoms with Crippen molar-refractivity contribution in [3.05, 3.63) is 40.4 Å². The number of carbonyl (C=O) groups is 2. The Morgan fingerprint density at radius 1 is 1.44 bits per heavy atom. The molecule has 2 aromatic rings. The highest BCUT2D eigenvalue weighted by molar-refractivity contribution is 9.10. The molecule has 2 aromatic heterocycles. The molecule has 0 aliphatic carbocycles. The fraction of sp³-hybridized carbons (Fsp3) is 0.353. The molecule has 2 amide bonds. The molecule has 132 valence electrons. The molecule has 1 fully saturated rings. The summed E-state index contributed by atoms with van der Waals surface area (Å²) >= 11 is 3.21. The van der Waals surface area contributed by atoms with E-state index in [4.69, 9.17) is 10.2 Å². The minimum Gasteiger partial charge on any atom is -0.444 e. The molecular formula is C17H19BrN4O3. The largest absolute Gasteiger partial charge is 0.444 e. The second kappa shape index (κ2) is 7.26. The molecule has 0 spiro atoms. The van der Waals surface area contributed by atoms with E-state index in [0.717, 1.165) is 30.8 Å². The third-order valence-electron chi connectivity index (χ3n) is 4.25. The molecule has 1 atom stereocenters. The van der Waals surface area contributed by atoms with Crippen LogP contribution in [0.2, 0.25) is 0 Å². The van der Waals surface area contributed by atoms with Crippen LogP contribution in [0.1, 0.15) is 29.0 Å². The highest BCUT2D eigenvalue weighted by Gasteiger charge is 2.24. The minimum atomic E-state index is -0.329. The molecule has 1 unspecified atom stereocenters. The maximum absolute atomic E-state index is 12.2. The zero-order valence-electron chi connectivity index (χ0n) is 13.8. The molecule has 3 rings (SSSR count). The van der Waals surface area contributed by atoms with Gasteiger partial charge in [-0.1, -0.05) is 0 Å². The van der Waals surface area contributed by atoms with Crippen molar-refractivity contribution in [1.29, 1.82) is 0 Å². The summed E-state index contributed by atoms with van der Waals surface area (Å²) in [7, 11) is 0. The van der Waals surface area contributed by atoms with Crippen molar-refractivity contribution in [2.45, 2.75) is 19.8 Å². The number of amides is 2. The molecule has 0 bridgehead atoms. The van der Waals surface area contributed by atoms with Crippen LogP contribution in [0, 0.1) is 12.8 Å². The summed E-state index contributed by atoms with van der Waals surface area (Å²) in [5.74, 6) is 0.283. The fourth-order valence-electron chi connectivity index (χ4n) is 2.92. The van der Waals surface area contributed by atoms with Crippen LogP contribution in [0.4, 0.5) is 11.5 Å². The number of aryl methyl sites for hydroxylation is 1. The molecular weight excluding hydrogens is 388 g/mol. The fourth-order valence-corrected chi connectivity index (χ4v) is 3.43. The summed E-state index contributed by atoms with van der Waals surface area (Å²) in [6.45, 7) is 3.21. The Morgan fingerprint density at radius 2 is 2.24 bits per heavy atom. The van der Waals surface area contributed by atoms with Gasteiger partial charge < -0.3 is 20.4 Å². The average molecular weight is 407 g/mol. The highest BCUT2D eigenvalue weighted by Crippen LogP contribution is 2.23. The Bertz CT molecular complexity index is 788. The van der Waals surface area contributed by atoms with E-state index in [2.05, 4.69) is 26.2 Å². The molecule has 1 aliphatic heterocycles. The number of pyridine rings is 1. The minimum absolute atomic E-state index is 0.143. The SMILES string of the molecule is Cc1cc(Br)oc1C(=O)Nc1ccc(N2CCCC(C(N)=O)C2)nc1. The van der Waals surface area contributed by atoms with Gasteiger partial charge >= 0.3 is 0 Å². The van der Waals surface area contributed by atoms with Gasteiger partial charge in [0.1, 0.15) is 5.82 Å². The Labute approximate surface area is 153 Å². The number of anilines is 2. The first-order valence-corrected chi connectivity index (χ1v) is 8.81. The number of hydrogen-bond acceptors (Lipinski definition) is 5. The molecule has 1 saturated heterocycles. The summed E-state index contributed by atoms with van der Waals surface area (Å²) in [5, 5.41) is 2.76. The highest BCUT2D eigenvalue weighted by atomic mass is 79.9. The zero-order valence-corrected chi connectivity index (χ0v) is 15.4. The van der Waals surface area contributed by atoms with Gasteiger partial charge in [0.25, 0.3) is 5.91 Å². The first-order valence-electron chi connectivity index (χ1n) is 8.01. The second-order valence-corrected chi connectivity index (χ2v) is 6.89. The normalized spacial score (nSPS) is 17.4. The van der Waals surface area contributed by atoms with Crippen molar-refractivity contribution >= 4 is 39.2 Å². The number of rotatable bonds is 4. The summed E-state index contributed by atoms with van der Waals surface area (Å²) < 4.78 is 5.85. The van der Waals surface area contributed by atoms with Gasteiger partial charge in [-0.2, -0.15) is 0 Å². The quantitative estimate of drug-likeness (QED) is 0.812. The van der Waals surface area contributed by atoms with Crippen LogP contribution >= 0.6 is 15.9 Å². The van der Waals surface area contributed by atoms with E-state index in [1.54, 1.807) is 25.3 Å². The van der Waals surface area contributed by atoms with Crippen LogP contribution < -0.4 is 16.0 Å². The van der Waals surface area contributed by atoms with Gasteiger partial charge in [0.2, 0.25) is 5.91 Å². The van der Waals surface area contributed by atoms with Crippen LogP contribution in [0.3, 0.4) is 0 Å². The summed E-state index contributed by atoms with van der Waals surface area (Å²) in [6, 6.07) is 5.34. The van der Waals surface area contributed by atoms with E-state index in [1.807, 2.05) is 11.0 Å². The summed E-state index contributed by atoms with van der Waals surface area (Å²) in [5.41, 5.74) is 6.73. The lowest BCUT2D eigenvalue weighted by atomic mass is 9.97. The van der Waals surface area contributed by atoms with Gasteiger partial charge in [-0.3, -0.25) is 9.59 Å². The molecule has 8 heteroatoms. The lowest BCUT2D eigenvalue weighted by molar-refractivity contribution is -0.122. The number of carbonyl (C=O) groups excluding carboxylic acids is 2. The number of primary amides is 1. The van der Waals surface area contributed by atoms with Crippen molar-refractivity contribution in [2.24, 2.45) is 11.7 Å². The van der Waals surface area contributed by atoms with Crippen molar-refractivity contribution in [3.63, 3.8) is 0 Å². The maximum Gasteiger partial charge on any atom is 0.291 e. The second-order valence-electron chi connectivity index (χ2n) is 6.11. The molecule has 7 nitrogen and oxygen atoms in total. The zero-order chi connectivity index (χ0) is 18.0. The number of nitrogens with one attached hydrogen (secondary N) is 1. The van der Waals surface area contributed by atoms with Gasteiger partial charge in [0.15, 0.2) is 10.4 Å². The third kappa shape index (κ3) is 4.01. The lowest BCUT2D eigenvalue weighted by Crippen LogP contribution is -2.41. The van der Waals surface area contributed by atoms with Gasteiger partial charge in [-0.05, 0) is 53.9 Å². The predicted molar refractivity (Wildman–Crippen MR) is 97.5 cm³/mol. The molecule has 3 heterocycles. The number of furan rings is 1. The number of nitrogens with zero attached hydrogens (tertiary/aromatic N) is 2. The van der Waals surface area contributed by atoms with Gasteiger partial charge in [0, 0.05) is 18.7 Å². The van der Waals surface area contributed by atoms with Crippen molar-refractivity contribution in [2.75, 3.05) is 23.3 Å². The van der Waals surface area contributed by atoms with E-state index in [0.29, 0.717) is 16.9 Å². The van der Waals surface area contributed by atoms with E-state index < -0.39 is 0 Å². The predicted octanol–water partition coefficient (Wildman–Crippen LogP) is 2.70. The van der Waals surface area contributed by atoms with E-state index in [-0.39, 0.29) is 23.5 Å². The molecule has 0 aromatic carbocycles. The Hall–Kier alpha value is -2.35. The monoisotopic (exact) mass is 406 g/mol. The van der Waals surface area contributed by atoms with Crippen molar-refractivity contribution in [1.82, 2.24) is 4.98 Å². The Kier molecular flexibility index (Phi) is 5.08. The lowest BCUT2D eigenvalue weighted by Gasteiger charge is -2.32. The molecule has 0 saturated carbocycles. The first-order chi connectivity index (χ1) is 11.9. The van der Waals surface area contributed by atoms with E-state index in [9.17, 15) is 9.59 Å². The van der Waals surface area contributed by atoms with E-state index >= 15 is 0 Å². The first kappa shape index (κ1) is 17.5. The standard InChI is InChI=1S/C17H19BrN4O3/c1-10-7-13(18)25-15(10)17(24)21-12-4-5-14(20-8-12)22-6-2-3-11(9-22)16(19)23/h4-5,7-8,11H,2-3,6,9H2,1H3,(H2,19,23)(H,21,24). The summed E-state index contributed by atoms with van der Waals surface area (Å²) in [6.07, 6.45) is 3.31. The van der Waals surface area contributed by atoms with Crippen LogP contribution in [0.25, 0.3) is 0 Å². The third-order valence-corrected chi connectivity index (χ3v) is 4.64. The maximum atomic E-state index is 12.2. The number of piperidine rings is 1. The Morgan fingerprint density at radius 3 is 2.84 bits per heavy atom. The summed E-state index contributed by atoms with van der Waals surface area (Å²) in [4.78, 5) is 30.1. The topological polar surface area (TPSA) is 101 Å². The molecule has 25 heavy (non-hydrogen) atoms.